The molecule has 2 heterocycles. The molecule has 0 radical (unpaired) electrons. The van der Waals surface area contributed by atoms with Crippen LogP contribution in [0.3, 0.4) is 0 Å². The minimum Gasteiger partial charge on any atom is -0.493 e. The number of nitrogens with zero attached hydrogens (tertiary/aromatic N) is 2. The Kier molecular flexibility index (Phi) is 4.80. The molecule has 1 saturated heterocycles. The summed E-state index contributed by atoms with van der Waals surface area (Å²) in [4.78, 5) is 12.9. The lowest BCUT2D eigenvalue weighted by molar-refractivity contribution is -0.138. The second-order valence-electron chi connectivity index (χ2n) is 6.31. The van der Waals surface area contributed by atoms with Crippen LogP contribution in [0.5, 0.6) is 5.75 Å². The molecule has 0 spiro atoms. The zero-order valence-corrected chi connectivity index (χ0v) is 14.5. The van der Waals surface area contributed by atoms with Crippen LogP contribution in [0.15, 0.2) is 23.1 Å². The molecule has 0 bridgehead atoms. The van der Waals surface area contributed by atoms with E-state index in [1.165, 1.54) is 4.31 Å². The van der Waals surface area contributed by atoms with E-state index >= 15 is 0 Å². The summed E-state index contributed by atoms with van der Waals surface area (Å²) >= 11 is 0. The fraction of sp³-hybridized carbons (Fsp3) is 0.562. The van der Waals surface area contributed by atoms with Gasteiger partial charge in [0.25, 0.3) is 0 Å². The van der Waals surface area contributed by atoms with Gasteiger partial charge in [0.15, 0.2) is 0 Å². The number of fused-ring (bicyclic) bond motifs is 1. The van der Waals surface area contributed by atoms with Crippen molar-refractivity contribution in [3.05, 3.63) is 23.8 Å². The lowest BCUT2D eigenvalue weighted by Gasteiger charge is -2.35. The van der Waals surface area contributed by atoms with E-state index in [1.54, 1.807) is 30.1 Å². The molecule has 1 fully saturated rings. The molecule has 0 unspecified atom stereocenters. The molecule has 1 N–H and O–H groups in total. The third kappa shape index (κ3) is 3.40. The Hall–Kier alpha value is -1.64. The number of rotatable bonds is 5. The number of carbonyl (C=O) groups is 1. The van der Waals surface area contributed by atoms with Gasteiger partial charge in [0.2, 0.25) is 10.0 Å². The van der Waals surface area contributed by atoms with Crippen LogP contribution in [0.4, 0.5) is 0 Å². The maximum Gasteiger partial charge on any atom is 0.317 e. The number of aliphatic carboxylic acids is 1. The standard InChI is InChI=1S/C16H22N2O5S/c1-17(11-16(19)20)13-4-7-18(8-5-13)24(21,22)14-2-3-15-12(10-14)6-9-23-15/h2-3,10,13H,4-9,11H2,1H3,(H,19,20). The minimum atomic E-state index is -3.51. The van der Waals surface area contributed by atoms with Crippen molar-refractivity contribution >= 4 is 16.0 Å². The van der Waals surface area contributed by atoms with Crippen LogP contribution in [0.25, 0.3) is 0 Å². The van der Waals surface area contributed by atoms with E-state index < -0.39 is 16.0 Å². The van der Waals surface area contributed by atoms with Crippen LogP contribution in [-0.2, 0) is 21.2 Å². The van der Waals surface area contributed by atoms with E-state index in [1.807, 2.05) is 0 Å². The molecule has 2 aliphatic heterocycles. The monoisotopic (exact) mass is 354 g/mol. The van der Waals surface area contributed by atoms with Crippen LogP contribution in [0.2, 0.25) is 0 Å². The summed E-state index contributed by atoms with van der Waals surface area (Å²) in [6.45, 7) is 1.39. The number of piperidine rings is 1. The predicted octanol–water partition coefficient (Wildman–Crippen LogP) is 0.791. The van der Waals surface area contributed by atoms with Gasteiger partial charge in [-0.1, -0.05) is 0 Å². The Balaban J connectivity index is 1.68. The lowest BCUT2D eigenvalue weighted by atomic mass is 10.1. The van der Waals surface area contributed by atoms with Crippen LogP contribution < -0.4 is 4.74 Å². The van der Waals surface area contributed by atoms with Gasteiger partial charge < -0.3 is 9.84 Å². The average Bonchev–Trinajstić information content (AvgIpc) is 3.02. The van der Waals surface area contributed by atoms with Crippen molar-refractivity contribution in [1.82, 2.24) is 9.21 Å². The number of hydrogen-bond acceptors (Lipinski definition) is 5. The molecule has 24 heavy (non-hydrogen) atoms. The van der Waals surface area contributed by atoms with Crippen LogP contribution in [0, 0.1) is 0 Å². The first kappa shape index (κ1) is 17.2. The molecule has 0 saturated carbocycles. The second-order valence-corrected chi connectivity index (χ2v) is 8.25. The van der Waals surface area contributed by atoms with Crippen molar-refractivity contribution in [1.29, 1.82) is 0 Å². The van der Waals surface area contributed by atoms with Gasteiger partial charge >= 0.3 is 5.97 Å². The van der Waals surface area contributed by atoms with Crippen LogP contribution in [-0.4, -0.2) is 68.0 Å². The summed E-state index contributed by atoms with van der Waals surface area (Å²) < 4.78 is 32.6. The van der Waals surface area contributed by atoms with Gasteiger partial charge in [-0.05, 0) is 43.7 Å². The largest absolute Gasteiger partial charge is 0.493 e. The van der Waals surface area contributed by atoms with Gasteiger partial charge in [-0.2, -0.15) is 4.31 Å². The molecule has 3 rings (SSSR count). The van der Waals surface area contributed by atoms with E-state index in [0.29, 0.717) is 37.4 Å². The summed E-state index contributed by atoms with van der Waals surface area (Å²) in [5.74, 6) is -0.101. The molecule has 0 aliphatic carbocycles. The number of carboxylic acid groups (broad SMARTS) is 1. The molecular formula is C16H22N2O5S. The SMILES string of the molecule is CN(CC(=O)O)C1CCN(S(=O)(=O)c2ccc3c(c2)CCO3)CC1. The number of hydrogen-bond donors (Lipinski definition) is 1. The zero-order valence-electron chi connectivity index (χ0n) is 13.6. The highest BCUT2D eigenvalue weighted by atomic mass is 32.2. The molecule has 1 aromatic rings. The maximum atomic E-state index is 12.8. The van der Waals surface area contributed by atoms with Crippen molar-refractivity contribution in [3.63, 3.8) is 0 Å². The first-order valence-electron chi connectivity index (χ1n) is 8.06. The molecule has 0 atom stereocenters. The third-order valence-electron chi connectivity index (χ3n) is 4.73. The van der Waals surface area contributed by atoms with Crippen molar-refractivity contribution in [3.8, 4) is 5.75 Å². The van der Waals surface area contributed by atoms with E-state index in [9.17, 15) is 13.2 Å². The van der Waals surface area contributed by atoms with Crippen LogP contribution >= 0.6 is 0 Å². The fourth-order valence-corrected chi connectivity index (χ4v) is 4.86. The maximum absolute atomic E-state index is 12.8. The summed E-state index contributed by atoms with van der Waals surface area (Å²) in [5.41, 5.74) is 0.937. The van der Waals surface area contributed by atoms with E-state index in [4.69, 9.17) is 9.84 Å². The highest BCUT2D eigenvalue weighted by Crippen LogP contribution is 2.30. The van der Waals surface area contributed by atoms with E-state index in [0.717, 1.165) is 17.7 Å². The van der Waals surface area contributed by atoms with Gasteiger partial charge in [-0.3, -0.25) is 9.69 Å². The Bertz CT molecular complexity index is 726. The van der Waals surface area contributed by atoms with Crippen molar-refractivity contribution in [2.24, 2.45) is 0 Å². The van der Waals surface area contributed by atoms with Crippen molar-refractivity contribution in [2.45, 2.75) is 30.2 Å². The topological polar surface area (TPSA) is 87.2 Å². The van der Waals surface area contributed by atoms with Gasteiger partial charge in [-0.25, -0.2) is 8.42 Å². The number of ether oxygens (including phenoxy) is 1. The third-order valence-corrected chi connectivity index (χ3v) is 6.62. The normalized spacial score (nSPS) is 19.2. The molecule has 0 amide bonds. The van der Waals surface area contributed by atoms with E-state index in [2.05, 4.69) is 0 Å². The summed E-state index contributed by atoms with van der Waals surface area (Å²) in [7, 11) is -1.75. The first-order chi connectivity index (χ1) is 11.4. The molecule has 8 heteroatoms. The van der Waals surface area contributed by atoms with Gasteiger partial charge in [0.1, 0.15) is 5.75 Å². The Morgan fingerprint density at radius 1 is 1.38 bits per heavy atom. The summed E-state index contributed by atoms with van der Waals surface area (Å²) in [5, 5.41) is 8.86. The smallest absolute Gasteiger partial charge is 0.317 e. The Labute approximate surface area is 141 Å². The second kappa shape index (κ2) is 6.70. The Morgan fingerprint density at radius 2 is 2.08 bits per heavy atom. The zero-order chi connectivity index (χ0) is 17.3. The summed E-state index contributed by atoms with van der Waals surface area (Å²) in [6, 6.07) is 5.13. The lowest BCUT2D eigenvalue weighted by Crippen LogP contribution is -2.46. The molecule has 0 aromatic heterocycles. The average molecular weight is 354 g/mol. The van der Waals surface area contributed by atoms with Gasteiger partial charge in [-0.15, -0.1) is 0 Å². The Morgan fingerprint density at radius 3 is 2.75 bits per heavy atom. The van der Waals surface area contributed by atoms with Crippen molar-refractivity contribution in [2.75, 3.05) is 33.3 Å². The summed E-state index contributed by atoms with van der Waals surface area (Å²) in [6.07, 6.45) is 2.01. The highest BCUT2D eigenvalue weighted by molar-refractivity contribution is 7.89. The van der Waals surface area contributed by atoms with Crippen molar-refractivity contribution < 1.29 is 23.1 Å². The van der Waals surface area contributed by atoms with Gasteiger partial charge in [0.05, 0.1) is 18.0 Å². The molecule has 2 aliphatic rings. The quantitative estimate of drug-likeness (QED) is 0.841. The van der Waals surface area contributed by atoms with E-state index in [-0.39, 0.29) is 12.6 Å². The fourth-order valence-electron chi connectivity index (χ4n) is 3.34. The number of sulfonamides is 1. The number of carboxylic acids is 1. The first-order valence-corrected chi connectivity index (χ1v) is 9.50. The highest BCUT2D eigenvalue weighted by Gasteiger charge is 2.31. The predicted molar refractivity (Wildman–Crippen MR) is 87.7 cm³/mol. The van der Waals surface area contributed by atoms with Crippen LogP contribution in [0.1, 0.15) is 18.4 Å². The minimum absolute atomic E-state index is 0.0256. The number of likely N-dealkylation sites (N-methyl/N-ethyl adjacent to an activating group) is 1. The number of benzene rings is 1. The molecular weight excluding hydrogens is 332 g/mol. The molecule has 132 valence electrons. The van der Waals surface area contributed by atoms with Gasteiger partial charge in [0, 0.05) is 25.6 Å². The molecule has 1 aromatic carbocycles. The molecule has 7 nitrogen and oxygen atoms in total.